The Morgan fingerprint density at radius 2 is 1.79 bits per heavy atom. The minimum absolute atomic E-state index is 0.0347. The molecule has 19 heavy (non-hydrogen) atoms. The average molecular weight is 281 g/mol. The second kappa shape index (κ2) is 5.10. The average Bonchev–Trinajstić information content (AvgIpc) is 2.31. The van der Waals surface area contributed by atoms with Gasteiger partial charge in [-0.05, 0) is 43.2 Å². The molecule has 0 radical (unpaired) electrons. The van der Waals surface area contributed by atoms with Crippen LogP contribution in [0, 0.1) is 25.5 Å². The smallest absolute Gasteiger partial charge is 0.197 e. The third kappa shape index (κ3) is 2.51. The van der Waals surface area contributed by atoms with Crippen LogP contribution in [0.2, 0.25) is 5.02 Å². The van der Waals surface area contributed by atoms with E-state index in [2.05, 4.69) is 0 Å². The van der Waals surface area contributed by atoms with E-state index in [1.807, 2.05) is 0 Å². The maximum Gasteiger partial charge on any atom is 0.197 e. The number of hydrogen-bond donors (Lipinski definition) is 0. The molecule has 0 aromatic heterocycles. The van der Waals surface area contributed by atoms with Crippen molar-refractivity contribution in [3.05, 3.63) is 69.2 Å². The van der Waals surface area contributed by atoms with Crippen molar-refractivity contribution in [1.82, 2.24) is 0 Å². The number of aryl methyl sites for hydroxylation is 2. The summed E-state index contributed by atoms with van der Waals surface area (Å²) in [4.78, 5) is 12.3. The molecule has 0 aliphatic rings. The predicted octanol–water partition coefficient (Wildman–Crippen LogP) is 4.47. The van der Waals surface area contributed by atoms with Crippen molar-refractivity contribution in [3.8, 4) is 0 Å². The van der Waals surface area contributed by atoms with Crippen LogP contribution in [-0.2, 0) is 0 Å². The van der Waals surface area contributed by atoms with Gasteiger partial charge in [-0.25, -0.2) is 8.78 Å². The lowest BCUT2D eigenvalue weighted by Crippen LogP contribution is -2.08. The Hall–Kier alpha value is -1.74. The molecule has 0 atom stereocenters. The second-order valence-electron chi connectivity index (χ2n) is 4.37. The number of ketones is 1. The van der Waals surface area contributed by atoms with Crippen LogP contribution in [0.15, 0.2) is 30.3 Å². The summed E-state index contributed by atoms with van der Waals surface area (Å²) in [7, 11) is 0. The predicted molar refractivity (Wildman–Crippen MR) is 70.7 cm³/mol. The van der Waals surface area contributed by atoms with E-state index in [4.69, 9.17) is 11.6 Å². The minimum atomic E-state index is -0.697. The number of halogens is 3. The first-order valence-electron chi connectivity index (χ1n) is 5.67. The molecule has 2 aromatic rings. The summed E-state index contributed by atoms with van der Waals surface area (Å²) in [6.45, 7) is 3.37. The van der Waals surface area contributed by atoms with Gasteiger partial charge in [0.1, 0.15) is 11.6 Å². The van der Waals surface area contributed by atoms with Crippen LogP contribution in [0.1, 0.15) is 27.0 Å². The summed E-state index contributed by atoms with van der Waals surface area (Å²) in [6, 6.07) is 6.87. The summed E-state index contributed by atoms with van der Waals surface area (Å²) in [6.07, 6.45) is 0. The van der Waals surface area contributed by atoms with Gasteiger partial charge in [-0.1, -0.05) is 23.7 Å². The molecule has 2 aromatic carbocycles. The van der Waals surface area contributed by atoms with Crippen molar-refractivity contribution in [2.24, 2.45) is 0 Å². The van der Waals surface area contributed by atoms with Crippen molar-refractivity contribution >= 4 is 17.4 Å². The zero-order valence-electron chi connectivity index (χ0n) is 10.4. The molecule has 0 heterocycles. The van der Waals surface area contributed by atoms with E-state index in [0.29, 0.717) is 5.56 Å². The molecular formula is C15H11ClF2O. The third-order valence-corrected chi connectivity index (χ3v) is 3.24. The van der Waals surface area contributed by atoms with E-state index in [9.17, 15) is 13.6 Å². The summed E-state index contributed by atoms with van der Waals surface area (Å²) in [5.41, 5.74) is 1.12. The highest BCUT2D eigenvalue weighted by molar-refractivity contribution is 6.35. The Kier molecular flexibility index (Phi) is 3.67. The van der Waals surface area contributed by atoms with Crippen molar-refractivity contribution < 1.29 is 13.6 Å². The van der Waals surface area contributed by atoms with Gasteiger partial charge < -0.3 is 0 Å². The molecule has 0 fully saturated rings. The van der Waals surface area contributed by atoms with Gasteiger partial charge in [0.25, 0.3) is 0 Å². The van der Waals surface area contributed by atoms with Gasteiger partial charge in [-0.15, -0.1) is 0 Å². The number of carbonyl (C=O) groups excluding carboxylic acids is 1. The number of benzene rings is 2. The zero-order chi connectivity index (χ0) is 14.2. The molecular weight excluding hydrogens is 270 g/mol. The van der Waals surface area contributed by atoms with Crippen LogP contribution < -0.4 is 0 Å². The normalized spacial score (nSPS) is 10.6. The molecule has 0 bridgehead atoms. The maximum atomic E-state index is 13.9. The maximum absolute atomic E-state index is 13.9. The van der Waals surface area contributed by atoms with E-state index in [1.54, 1.807) is 19.9 Å². The van der Waals surface area contributed by atoms with Gasteiger partial charge in [-0.2, -0.15) is 0 Å². The number of carbonyl (C=O) groups is 1. The summed E-state index contributed by atoms with van der Waals surface area (Å²) >= 11 is 5.76. The van der Waals surface area contributed by atoms with E-state index < -0.39 is 17.4 Å². The molecule has 0 saturated carbocycles. The fourth-order valence-corrected chi connectivity index (χ4v) is 2.23. The van der Waals surface area contributed by atoms with Gasteiger partial charge in [0.2, 0.25) is 0 Å². The van der Waals surface area contributed by atoms with Crippen molar-refractivity contribution in [2.45, 2.75) is 13.8 Å². The van der Waals surface area contributed by atoms with Gasteiger partial charge in [0.15, 0.2) is 5.78 Å². The lowest BCUT2D eigenvalue weighted by Gasteiger charge is -2.09. The standard InChI is InChI=1S/C15H11ClF2O/c1-8-6-9(2)13(12(18)7-8)15(19)10-4-3-5-11(17)14(10)16/h3-7H,1-2H3. The van der Waals surface area contributed by atoms with Crippen LogP contribution in [-0.4, -0.2) is 5.78 Å². The highest BCUT2D eigenvalue weighted by Crippen LogP contribution is 2.25. The summed E-state index contributed by atoms with van der Waals surface area (Å²) < 4.78 is 27.3. The molecule has 1 nitrogen and oxygen atoms in total. The topological polar surface area (TPSA) is 17.1 Å². The summed E-state index contributed by atoms with van der Waals surface area (Å²) in [5, 5.41) is -0.285. The minimum Gasteiger partial charge on any atom is -0.288 e. The number of hydrogen-bond acceptors (Lipinski definition) is 1. The number of rotatable bonds is 2. The quantitative estimate of drug-likeness (QED) is 0.742. The van der Waals surface area contributed by atoms with Crippen LogP contribution in [0.3, 0.4) is 0 Å². The molecule has 0 aliphatic heterocycles. The molecule has 0 spiro atoms. The van der Waals surface area contributed by atoms with Crippen molar-refractivity contribution in [3.63, 3.8) is 0 Å². The van der Waals surface area contributed by atoms with Crippen LogP contribution in [0.25, 0.3) is 0 Å². The van der Waals surface area contributed by atoms with E-state index in [1.165, 1.54) is 18.2 Å². The lowest BCUT2D eigenvalue weighted by molar-refractivity contribution is 0.103. The van der Waals surface area contributed by atoms with E-state index in [-0.39, 0.29) is 16.1 Å². The zero-order valence-corrected chi connectivity index (χ0v) is 11.2. The third-order valence-electron chi connectivity index (χ3n) is 2.86. The fourth-order valence-electron chi connectivity index (χ4n) is 2.02. The Labute approximate surface area is 114 Å². The van der Waals surface area contributed by atoms with Crippen LogP contribution >= 0.6 is 11.6 Å². The highest BCUT2D eigenvalue weighted by Gasteiger charge is 2.20. The van der Waals surface area contributed by atoms with Crippen LogP contribution in [0.5, 0.6) is 0 Å². The molecule has 0 N–H and O–H groups in total. The molecule has 0 unspecified atom stereocenters. The lowest BCUT2D eigenvalue weighted by atomic mass is 9.97. The Morgan fingerprint density at radius 1 is 1.11 bits per heavy atom. The van der Waals surface area contributed by atoms with Gasteiger partial charge >= 0.3 is 0 Å². The second-order valence-corrected chi connectivity index (χ2v) is 4.75. The molecule has 0 aliphatic carbocycles. The van der Waals surface area contributed by atoms with Gasteiger partial charge in [-0.3, -0.25) is 4.79 Å². The van der Waals surface area contributed by atoms with Crippen molar-refractivity contribution in [1.29, 1.82) is 0 Å². The Balaban J connectivity index is 2.60. The van der Waals surface area contributed by atoms with Gasteiger partial charge in [0.05, 0.1) is 10.6 Å². The first-order valence-corrected chi connectivity index (χ1v) is 6.05. The first-order chi connectivity index (χ1) is 8.91. The summed E-state index contributed by atoms with van der Waals surface area (Å²) in [5.74, 6) is -1.93. The molecule has 0 amide bonds. The Morgan fingerprint density at radius 3 is 2.42 bits per heavy atom. The molecule has 2 rings (SSSR count). The highest BCUT2D eigenvalue weighted by atomic mass is 35.5. The van der Waals surface area contributed by atoms with Crippen LogP contribution in [0.4, 0.5) is 8.78 Å². The van der Waals surface area contributed by atoms with E-state index in [0.717, 1.165) is 11.6 Å². The molecule has 98 valence electrons. The largest absolute Gasteiger partial charge is 0.288 e. The SMILES string of the molecule is Cc1cc(C)c(C(=O)c2cccc(F)c2Cl)c(F)c1. The fraction of sp³-hybridized carbons (Fsp3) is 0.133. The van der Waals surface area contributed by atoms with Gasteiger partial charge in [0, 0.05) is 5.56 Å². The molecule has 0 saturated heterocycles. The van der Waals surface area contributed by atoms with Crippen molar-refractivity contribution in [2.75, 3.05) is 0 Å². The first kappa shape index (κ1) is 13.7. The monoisotopic (exact) mass is 280 g/mol. The van der Waals surface area contributed by atoms with E-state index >= 15 is 0 Å². The Bertz CT molecular complexity index is 642. The molecule has 4 heteroatoms.